The monoisotopic (exact) mass is 476 g/mol. The van der Waals surface area contributed by atoms with Gasteiger partial charge in [0.05, 0.1) is 18.6 Å². The second-order valence-electron chi connectivity index (χ2n) is 13.6. The van der Waals surface area contributed by atoms with E-state index in [1.165, 1.54) is 57.8 Å². The lowest BCUT2D eigenvalue weighted by Gasteiger charge is -2.59. The fourth-order valence-electron chi connectivity index (χ4n) is 9.55. The van der Waals surface area contributed by atoms with E-state index in [1.54, 1.807) is 5.57 Å². The third-order valence-electron chi connectivity index (χ3n) is 11.4. The van der Waals surface area contributed by atoms with Crippen molar-refractivity contribution in [1.82, 2.24) is 0 Å². The Balaban J connectivity index is 1.30. The minimum atomic E-state index is -0.384. The van der Waals surface area contributed by atoms with E-state index in [4.69, 9.17) is 21.1 Å². The summed E-state index contributed by atoms with van der Waals surface area (Å²) >= 11 is 6.09. The van der Waals surface area contributed by atoms with Gasteiger partial charge in [-0.1, -0.05) is 65.5 Å². The van der Waals surface area contributed by atoms with Crippen LogP contribution in [-0.2, 0) is 9.47 Å². The predicted octanol–water partition coefficient (Wildman–Crippen LogP) is 8.38. The van der Waals surface area contributed by atoms with Crippen LogP contribution < -0.4 is 0 Å². The van der Waals surface area contributed by atoms with E-state index in [0.717, 1.165) is 48.3 Å². The van der Waals surface area contributed by atoms with Crippen molar-refractivity contribution in [2.45, 2.75) is 117 Å². The van der Waals surface area contributed by atoms with Crippen LogP contribution in [0.1, 0.15) is 105 Å². The van der Waals surface area contributed by atoms with E-state index in [9.17, 15) is 0 Å². The minimum Gasteiger partial charge on any atom is -0.347 e. The molecule has 4 fully saturated rings. The Hall–Kier alpha value is -0.0500. The Kier molecular flexibility index (Phi) is 6.80. The summed E-state index contributed by atoms with van der Waals surface area (Å²) in [6.07, 6.45) is 17.3. The van der Waals surface area contributed by atoms with E-state index in [1.807, 2.05) is 0 Å². The number of halogens is 1. The normalized spacial score (nSPS) is 47.8. The van der Waals surface area contributed by atoms with E-state index in [-0.39, 0.29) is 11.9 Å². The fourth-order valence-corrected chi connectivity index (χ4v) is 9.70. The van der Waals surface area contributed by atoms with Crippen LogP contribution in [0, 0.1) is 46.3 Å². The molecule has 188 valence electrons. The summed E-state index contributed by atoms with van der Waals surface area (Å²) in [5, 5.41) is 0. The first-order valence-electron chi connectivity index (χ1n) is 14.3. The first-order chi connectivity index (χ1) is 15.7. The van der Waals surface area contributed by atoms with Crippen LogP contribution in [0.15, 0.2) is 11.6 Å². The number of fused-ring (bicyclic) bond motifs is 5. The second-order valence-corrected chi connectivity index (χ2v) is 13.9. The molecule has 4 aliphatic carbocycles. The fraction of sp³-hybridized carbons (Fsp3) is 0.933. The highest BCUT2D eigenvalue weighted by Gasteiger charge is 2.61. The maximum Gasteiger partial charge on any atom is 0.172 e. The number of allylic oxidation sites excluding steroid dienone is 1. The van der Waals surface area contributed by atoms with Crippen LogP contribution in [0.2, 0.25) is 0 Å². The smallest absolute Gasteiger partial charge is 0.172 e. The van der Waals surface area contributed by atoms with Gasteiger partial charge in [0.1, 0.15) is 0 Å². The molecule has 1 aliphatic heterocycles. The Morgan fingerprint density at radius 2 is 1.85 bits per heavy atom. The minimum absolute atomic E-state index is 0.0706. The Labute approximate surface area is 208 Å². The highest BCUT2D eigenvalue weighted by Crippen LogP contribution is 2.68. The van der Waals surface area contributed by atoms with Crippen molar-refractivity contribution in [3.63, 3.8) is 0 Å². The molecular weight excluding hydrogens is 428 g/mol. The first-order valence-corrected chi connectivity index (χ1v) is 14.8. The lowest BCUT2D eigenvalue weighted by Crippen LogP contribution is -2.52. The maximum atomic E-state index is 6.35. The molecule has 5 aliphatic rings. The summed E-state index contributed by atoms with van der Waals surface area (Å²) in [5.74, 6) is 5.51. The van der Waals surface area contributed by atoms with Gasteiger partial charge in [0.15, 0.2) is 5.79 Å². The highest BCUT2D eigenvalue weighted by atomic mass is 35.5. The van der Waals surface area contributed by atoms with Gasteiger partial charge in [-0.25, -0.2) is 0 Å². The number of hydrogen-bond donors (Lipinski definition) is 0. The largest absolute Gasteiger partial charge is 0.347 e. The number of ether oxygens (including phenoxy) is 2. The molecule has 0 radical (unpaired) electrons. The number of rotatable bonds is 6. The summed E-state index contributed by atoms with van der Waals surface area (Å²) in [7, 11) is 0. The molecule has 1 saturated heterocycles. The van der Waals surface area contributed by atoms with Crippen LogP contribution in [-0.4, -0.2) is 24.4 Å². The Morgan fingerprint density at radius 3 is 2.58 bits per heavy atom. The zero-order valence-corrected chi connectivity index (χ0v) is 22.8. The lowest BCUT2D eigenvalue weighted by atomic mass is 9.46. The lowest BCUT2D eigenvalue weighted by molar-refractivity contribution is -0.192. The van der Waals surface area contributed by atoms with Crippen molar-refractivity contribution < 1.29 is 9.47 Å². The van der Waals surface area contributed by atoms with Crippen molar-refractivity contribution in [2.75, 3.05) is 12.5 Å². The van der Waals surface area contributed by atoms with E-state index >= 15 is 0 Å². The molecule has 5 rings (SSSR count). The van der Waals surface area contributed by atoms with Crippen molar-refractivity contribution in [3.05, 3.63) is 11.6 Å². The first kappa shape index (κ1) is 24.6. The molecule has 0 aromatic heterocycles. The van der Waals surface area contributed by atoms with E-state index in [2.05, 4.69) is 40.7 Å². The molecule has 0 amide bonds. The average Bonchev–Trinajstić information content (AvgIpc) is 3.35. The molecule has 2 nitrogen and oxygen atoms in total. The van der Waals surface area contributed by atoms with Crippen molar-refractivity contribution >= 4 is 11.6 Å². The molecule has 9 atom stereocenters. The van der Waals surface area contributed by atoms with Crippen LogP contribution in [0.25, 0.3) is 0 Å². The zero-order chi connectivity index (χ0) is 23.4. The van der Waals surface area contributed by atoms with Crippen molar-refractivity contribution in [2.24, 2.45) is 46.3 Å². The molecule has 0 aromatic rings. The van der Waals surface area contributed by atoms with Gasteiger partial charge in [0.25, 0.3) is 0 Å². The average molecular weight is 477 g/mol. The second kappa shape index (κ2) is 9.11. The predicted molar refractivity (Wildman–Crippen MR) is 137 cm³/mol. The van der Waals surface area contributed by atoms with Crippen molar-refractivity contribution in [1.29, 1.82) is 0 Å². The molecule has 2 unspecified atom stereocenters. The molecule has 33 heavy (non-hydrogen) atoms. The molecule has 1 spiro atoms. The summed E-state index contributed by atoms with van der Waals surface area (Å²) in [6, 6.07) is 0. The van der Waals surface area contributed by atoms with Gasteiger partial charge in [-0.2, -0.15) is 0 Å². The number of hydrogen-bond acceptors (Lipinski definition) is 2. The van der Waals surface area contributed by atoms with E-state index < -0.39 is 0 Å². The topological polar surface area (TPSA) is 18.5 Å². The third kappa shape index (κ3) is 4.17. The van der Waals surface area contributed by atoms with Crippen molar-refractivity contribution in [3.8, 4) is 0 Å². The van der Waals surface area contributed by atoms with Gasteiger partial charge < -0.3 is 9.47 Å². The molecule has 1 heterocycles. The van der Waals surface area contributed by atoms with Gasteiger partial charge in [-0.15, -0.1) is 11.6 Å². The third-order valence-corrected chi connectivity index (χ3v) is 11.7. The summed E-state index contributed by atoms with van der Waals surface area (Å²) in [4.78, 5) is 0. The summed E-state index contributed by atoms with van der Waals surface area (Å²) in [6.45, 7) is 13.3. The van der Waals surface area contributed by atoms with Gasteiger partial charge in [-0.05, 0) is 84.9 Å². The molecule has 3 heteroatoms. The van der Waals surface area contributed by atoms with Gasteiger partial charge in [0, 0.05) is 12.8 Å². The van der Waals surface area contributed by atoms with Crippen LogP contribution >= 0.6 is 11.6 Å². The number of alkyl halides is 1. The Morgan fingerprint density at radius 1 is 1.03 bits per heavy atom. The maximum absolute atomic E-state index is 6.35. The quantitative estimate of drug-likeness (QED) is 0.283. The SMILES string of the molecule is CC(C)CCC[C@@H](C)[C@H]1CC[C@H]2[C@@H]3CC=C4CC5(CC[C@]4(C)[C@H]3CC[C@]12C)OCC(CCl)O5. The van der Waals surface area contributed by atoms with E-state index in [0.29, 0.717) is 23.3 Å². The molecule has 0 bridgehead atoms. The summed E-state index contributed by atoms with van der Waals surface area (Å²) in [5.41, 5.74) is 2.56. The zero-order valence-electron chi connectivity index (χ0n) is 22.0. The Bertz CT molecular complexity index is 748. The molecule has 0 N–H and O–H groups in total. The summed E-state index contributed by atoms with van der Waals surface area (Å²) < 4.78 is 12.6. The molecular formula is C30H49ClO2. The van der Waals surface area contributed by atoms with Crippen LogP contribution in [0.3, 0.4) is 0 Å². The highest BCUT2D eigenvalue weighted by molar-refractivity contribution is 6.18. The van der Waals surface area contributed by atoms with Crippen LogP contribution in [0.5, 0.6) is 0 Å². The molecule has 3 saturated carbocycles. The van der Waals surface area contributed by atoms with Crippen LogP contribution in [0.4, 0.5) is 0 Å². The van der Waals surface area contributed by atoms with Gasteiger partial charge in [0.2, 0.25) is 0 Å². The van der Waals surface area contributed by atoms with Gasteiger partial charge in [-0.3, -0.25) is 0 Å². The molecule has 0 aromatic carbocycles. The standard InChI is InChI=1S/C30H49ClO2/c1-20(2)7-6-8-21(3)25-11-12-26-24-10-9-22-17-30(32-19-23(18-31)33-30)16-15-28(22,4)27(24)13-14-29(25,26)5/h9,20-21,23-27H,6-8,10-19H2,1-5H3/t21-,23?,24+,25-,26+,27+,28+,29-,30?/m1/s1. The van der Waals surface area contributed by atoms with Gasteiger partial charge >= 0.3 is 0 Å².